The minimum absolute atomic E-state index is 0.654. The maximum absolute atomic E-state index is 6.72. The van der Waals surface area contributed by atoms with E-state index in [1.165, 1.54) is 53.9 Å². The molecule has 2 aromatic heterocycles. The third-order valence-corrected chi connectivity index (χ3v) is 7.85. The lowest BCUT2D eigenvalue weighted by Gasteiger charge is -2.29. The van der Waals surface area contributed by atoms with Gasteiger partial charge in [0.2, 0.25) is 0 Å². The van der Waals surface area contributed by atoms with Crippen molar-refractivity contribution in [1.29, 1.82) is 0 Å². The number of fused-ring (bicyclic) bond motifs is 2. The molecule has 0 unspecified atom stereocenters. The summed E-state index contributed by atoms with van der Waals surface area (Å²) in [5.74, 6) is 0.654. The molecular weight excluding hydrogens is 428 g/mol. The fourth-order valence-corrected chi connectivity index (χ4v) is 5.78. The number of anilines is 1. The molecular formula is C28H29ClN4. The number of likely N-dealkylation sites (N-methyl/N-ethyl adjacent to an activating group) is 1. The number of H-pyrrole nitrogens is 1. The Hall–Kier alpha value is -2.82. The Morgan fingerprint density at radius 1 is 0.939 bits per heavy atom. The molecule has 5 heteroatoms. The number of piperidine rings is 1. The summed E-state index contributed by atoms with van der Waals surface area (Å²) >= 11 is 6.72. The lowest BCUT2D eigenvalue weighted by Crippen LogP contribution is -2.29. The Balaban J connectivity index is 1.46. The first-order valence-electron chi connectivity index (χ1n) is 11.9. The molecule has 33 heavy (non-hydrogen) atoms. The van der Waals surface area contributed by atoms with Gasteiger partial charge in [0.1, 0.15) is 5.65 Å². The van der Waals surface area contributed by atoms with Gasteiger partial charge in [0.15, 0.2) is 0 Å². The van der Waals surface area contributed by atoms with Crippen LogP contribution in [0.2, 0.25) is 5.02 Å². The Morgan fingerprint density at radius 2 is 1.70 bits per heavy atom. The average molecular weight is 457 g/mol. The van der Waals surface area contributed by atoms with Crippen LogP contribution in [-0.4, -0.2) is 48.6 Å². The van der Waals surface area contributed by atoms with E-state index in [2.05, 4.69) is 76.3 Å². The summed E-state index contributed by atoms with van der Waals surface area (Å²) in [6.07, 6.45) is 5.34. The summed E-state index contributed by atoms with van der Waals surface area (Å²) in [7, 11) is 4.38. The van der Waals surface area contributed by atoms with Gasteiger partial charge >= 0.3 is 0 Å². The number of likely N-dealkylation sites (tertiary alicyclic amines) is 1. The van der Waals surface area contributed by atoms with Crippen LogP contribution < -0.4 is 4.90 Å². The minimum Gasteiger partial charge on any atom is -0.374 e. The summed E-state index contributed by atoms with van der Waals surface area (Å²) in [4.78, 5) is 13.0. The SMILES string of the molecule is CN1CCC(c2ccc(-c3[nH]c4nccc(Cl)c4c3-c3ccc4c(c3)N(C)CC4)cc2)CC1. The molecule has 0 saturated carbocycles. The molecule has 0 amide bonds. The van der Waals surface area contributed by atoms with Crippen LogP contribution in [0.5, 0.6) is 0 Å². The minimum atomic E-state index is 0.654. The fourth-order valence-electron chi connectivity index (χ4n) is 5.54. The largest absolute Gasteiger partial charge is 0.374 e. The van der Waals surface area contributed by atoms with E-state index in [4.69, 9.17) is 11.6 Å². The van der Waals surface area contributed by atoms with Crippen LogP contribution in [0, 0.1) is 0 Å². The summed E-state index contributed by atoms with van der Waals surface area (Å²) < 4.78 is 0. The van der Waals surface area contributed by atoms with E-state index in [9.17, 15) is 0 Å². The molecule has 0 radical (unpaired) electrons. The molecule has 168 valence electrons. The number of aromatic nitrogens is 2. The van der Waals surface area contributed by atoms with E-state index in [0.717, 1.165) is 40.3 Å². The second kappa shape index (κ2) is 8.19. The molecule has 1 saturated heterocycles. The quantitative estimate of drug-likeness (QED) is 0.390. The van der Waals surface area contributed by atoms with Gasteiger partial charge < -0.3 is 14.8 Å². The van der Waals surface area contributed by atoms with E-state index in [0.29, 0.717) is 5.92 Å². The number of benzene rings is 2. The van der Waals surface area contributed by atoms with E-state index < -0.39 is 0 Å². The van der Waals surface area contributed by atoms with E-state index >= 15 is 0 Å². The molecule has 1 N–H and O–H groups in total. The third-order valence-electron chi connectivity index (χ3n) is 7.53. The highest BCUT2D eigenvalue weighted by Gasteiger charge is 2.23. The summed E-state index contributed by atoms with van der Waals surface area (Å²) in [5, 5.41) is 1.73. The van der Waals surface area contributed by atoms with Crippen LogP contribution in [-0.2, 0) is 6.42 Å². The lowest BCUT2D eigenvalue weighted by atomic mass is 9.88. The van der Waals surface area contributed by atoms with Gasteiger partial charge in [-0.25, -0.2) is 4.98 Å². The Labute approximate surface area is 200 Å². The molecule has 6 rings (SSSR count). The van der Waals surface area contributed by atoms with Crippen molar-refractivity contribution in [1.82, 2.24) is 14.9 Å². The van der Waals surface area contributed by atoms with Crippen LogP contribution >= 0.6 is 11.6 Å². The van der Waals surface area contributed by atoms with Crippen molar-refractivity contribution in [2.75, 3.05) is 38.6 Å². The molecule has 2 aliphatic rings. The van der Waals surface area contributed by atoms with Crippen LogP contribution in [0.15, 0.2) is 54.7 Å². The number of hydrogen-bond acceptors (Lipinski definition) is 3. The van der Waals surface area contributed by atoms with Crippen molar-refractivity contribution in [2.24, 2.45) is 0 Å². The van der Waals surface area contributed by atoms with Crippen LogP contribution in [0.4, 0.5) is 5.69 Å². The maximum Gasteiger partial charge on any atom is 0.139 e. The molecule has 0 spiro atoms. The normalized spacial score (nSPS) is 17.1. The molecule has 0 bridgehead atoms. The number of halogens is 1. The van der Waals surface area contributed by atoms with Gasteiger partial charge in [-0.15, -0.1) is 0 Å². The molecule has 0 aliphatic carbocycles. The number of hydrogen-bond donors (Lipinski definition) is 1. The first kappa shape index (κ1) is 20.8. The standard InChI is InChI=1S/C28H29ClN4/c1-32-14-10-19(11-15-32)18-3-6-21(7-4-18)27-25(26-23(29)9-13-30-28(26)31-27)22-8-5-20-12-16-33(2)24(20)17-22/h3-9,13,17,19H,10-12,14-16H2,1-2H3,(H,30,31). The lowest BCUT2D eigenvalue weighted by molar-refractivity contribution is 0.255. The second-order valence-electron chi connectivity index (χ2n) is 9.61. The van der Waals surface area contributed by atoms with Crippen molar-refractivity contribution < 1.29 is 0 Å². The predicted octanol–water partition coefficient (Wildman–Crippen LogP) is 6.35. The Morgan fingerprint density at radius 3 is 2.48 bits per heavy atom. The zero-order chi connectivity index (χ0) is 22.5. The van der Waals surface area contributed by atoms with Crippen LogP contribution in [0.25, 0.3) is 33.4 Å². The van der Waals surface area contributed by atoms with Crippen LogP contribution in [0.1, 0.15) is 29.9 Å². The summed E-state index contributed by atoms with van der Waals surface area (Å²) in [6.45, 7) is 3.42. The third kappa shape index (κ3) is 3.62. The van der Waals surface area contributed by atoms with Crippen molar-refractivity contribution in [3.63, 3.8) is 0 Å². The van der Waals surface area contributed by atoms with Crippen molar-refractivity contribution in [3.8, 4) is 22.4 Å². The Kier molecular flexibility index (Phi) is 5.16. The molecule has 1 fully saturated rings. The molecule has 2 aliphatic heterocycles. The first-order valence-corrected chi connectivity index (χ1v) is 12.3. The number of rotatable bonds is 3. The highest BCUT2D eigenvalue weighted by molar-refractivity contribution is 6.36. The van der Waals surface area contributed by atoms with Gasteiger partial charge in [0, 0.05) is 36.4 Å². The van der Waals surface area contributed by atoms with Crippen molar-refractivity contribution in [2.45, 2.75) is 25.2 Å². The maximum atomic E-state index is 6.72. The number of aromatic amines is 1. The highest BCUT2D eigenvalue weighted by Crippen LogP contribution is 2.43. The monoisotopic (exact) mass is 456 g/mol. The first-order chi connectivity index (χ1) is 16.1. The van der Waals surface area contributed by atoms with Gasteiger partial charge in [-0.3, -0.25) is 0 Å². The summed E-state index contributed by atoms with van der Waals surface area (Å²) in [5.41, 5.74) is 9.57. The van der Waals surface area contributed by atoms with Crippen LogP contribution in [0.3, 0.4) is 0 Å². The smallest absolute Gasteiger partial charge is 0.139 e. The molecule has 4 heterocycles. The molecule has 0 atom stereocenters. The molecule has 4 aromatic rings. The van der Waals surface area contributed by atoms with Gasteiger partial charge in [-0.05, 0) is 79.7 Å². The fraction of sp³-hybridized carbons (Fsp3) is 0.321. The Bertz CT molecular complexity index is 1320. The second-order valence-corrected chi connectivity index (χ2v) is 10.0. The number of nitrogens with one attached hydrogen (secondary N) is 1. The van der Waals surface area contributed by atoms with Gasteiger partial charge in [0.05, 0.1) is 10.7 Å². The van der Waals surface area contributed by atoms with E-state index in [1.54, 1.807) is 6.20 Å². The molecule has 2 aromatic carbocycles. The van der Waals surface area contributed by atoms with Crippen molar-refractivity contribution >= 4 is 28.3 Å². The predicted molar refractivity (Wildman–Crippen MR) is 138 cm³/mol. The van der Waals surface area contributed by atoms with E-state index in [-0.39, 0.29) is 0 Å². The van der Waals surface area contributed by atoms with Crippen molar-refractivity contribution in [3.05, 3.63) is 70.9 Å². The average Bonchev–Trinajstić information content (AvgIpc) is 3.41. The number of pyridine rings is 1. The van der Waals surface area contributed by atoms with Gasteiger partial charge in [-0.2, -0.15) is 0 Å². The summed E-state index contributed by atoms with van der Waals surface area (Å²) in [6, 6.07) is 17.8. The number of nitrogens with zero attached hydrogens (tertiary/aromatic N) is 3. The topological polar surface area (TPSA) is 35.2 Å². The van der Waals surface area contributed by atoms with E-state index in [1.807, 2.05) is 6.07 Å². The molecule has 4 nitrogen and oxygen atoms in total. The van der Waals surface area contributed by atoms with Gasteiger partial charge in [0.25, 0.3) is 0 Å². The zero-order valence-corrected chi connectivity index (χ0v) is 20.0. The zero-order valence-electron chi connectivity index (χ0n) is 19.2. The van der Waals surface area contributed by atoms with Gasteiger partial charge in [-0.1, -0.05) is 48.0 Å². The highest BCUT2D eigenvalue weighted by atomic mass is 35.5.